The van der Waals surface area contributed by atoms with Crippen LogP contribution in [0.2, 0.25) is 0 Å². The summed E-state index contributed by atoms with van der Waals surface area (Å²) in [5, 5.41) is 3.98. The van der Waals surface area contributed by atoms with E-state index in [2.05, 4.69) is 10.5 Å². The standard InChI is InChI=1S/C23H23N3O3S/c1-18-7-6-10-20(15-18)16-24-25-23(27)21-11-13-22(14-12-21)26(30(2,28)29)17-19-8-4-3-5-9-19/h3-16H,17H2,1-2H3,(H,25,27)/b24-16+. The molecule has 0 aromatic heterocycles. The van der Waals surface area contributed by atoms with E-state index in [9.17, 15) is 13.2 Å². The molecule has 0 saturated carbocycles. The van der Waals surface area contributed by atoms with Crippen molar-refractivity contribution in [3.8, 4) is 0 Å². The molecule has 0 atom stereocenters. The van der Waals surface area contributed by atoms with Crippen LogP contribution < -0.4 is 9.73 Å². The largest absolute Gasteiger partial charge is 0.271 e. The first-order valence-corrected chi connectivity index (χ1v) is 11.2. The van der Waals surface area contributed by atoms with Crippen LogP contribution in [0, 0.1) is 6.92 Å². The summed E-state index contributed by atoms with van der Waals surface area (Å²) in [6.45, 7) is 2.20. The van der Waals surface area contributed by atoms with Crippen LogP contribution in [0.1, 0.15) is 27.0 Å². The Bertz CT molecular complexity index is 1140. The second-order valence-electron chi connectivity index (χ2n) is 6.92. The predicted octanol–water partition coefficient (Wildman–Crippen LogP) is 3.73. The summed E-state index contributed by atoms with van der Waals surface area (Å²) in [5.74, 6) is -0.376. The van der Waals surface area contributed by atoms with Crippen LogP contribution in [0.3, 0.4) is 0 Å². The van der Waals surface area contributed by atoms with Gasteiger partial charge in [0.05, 0.1) is 24.7 Å². The topological polar surface area (TPSA) is 78.8 Å². The first-order valence-electron chi connectivity index (χ1n) is 9.35. The molecule has 154 valence electrons. The first kappa shape index (κ1) is 21.3. The number of carbonyl (C=O) groups is 1. The maximum atomic E-state index is 12.3. The van der Waals surface area contributed by atoms with Gasteiger partial charge in [-0.05, 0) is 42.3 Å². The highest BCUT2D eigenvalue weighted by atomic mass is 32.2. The van der Waals surface area contributed by atoms with Crippen LogP contribution in [-0.4, -0.2) is 26.8 Å². The molecule has 3 aromatic carbocycles. The van der Waals surface area contributed by atoms with Crippen molar-refractivity contribution in [2.75, 3.05) is 10.6 Å². The Morgan fingerprint density at radius 3 is 2.33 bits per heavy atom. The zero-order valence-corrected chi connectivity index (χ0v) is 17.6. The smallest absolute Gasteiger partial charge is 0.267 e. The number of nitrogens with zero attached hydrogens (tertiary/aromatic N) is 2. The zero-order chi connectivity index (χ0) is 21.6. The molecule has 30 heavy (non-hydrogen) atoms. The summed E-state index contributed by atoms with van der Waals surface area (Å²) >= 11 is 0. The fraction of sp³-hybridized carbons (Fsp3) is 0.130. The van der Waals surface area contributed by atoms with Gasteiger partial charge in [0.2, 0.25) is 10.0 Å². The molecule has 0 radical (unpaired) electrons. The molecule has 0 aliphatic heterocycles. The van der Waals surface area contributed by atoms with Gasteiger partial charge in [-0.3, -0.25) is 9.10 Å². The van der Waals surface area contributed by atoms with Crippen LogP contribution in [-0.2, 0) is 16.6 Å². The SMILES string of the molecule is Cc1cccc(/C=N/NC(=O)c2ccc(N(Cc3ccccc3)S(C)(=O)=O)cc2)c1. The van der Waals surface area contributed by atoms with E-state index in [1.54, 1.807) is 30.5 Å². The number of benzene rings is 3. The Hall–Kier alpha value is -3.45. The van der Waals surface area contributed by atoms with Crippen LogP contribution >= 0.6 is 0 Å². The second kappa shape index (κ2) is 9.37. The molecule has 0 saturated heterocycles. The minimum Gasteiger partial charge on any atom is -0.267 e. The molecule has 0 heterocycles. The average Bonchev–Trinajstić information content (AvgIpc) is 2.72. The number of anilines is 1. The van der Waals surface area contributed by atoms with Crippen molar-refractivity contribution in [1.29, 1.82) is 0 Å². The van der Waals surface area contributed by atoms with Gasteiger partial charge in [0.1, 0.15) is 0 Å². The third-order valence-corrected chi connectivity index (χ3v) is 5.55. The van der Waals surface area contributed by atoms with Gasteiger partial charge in [-0.1, -0.05) is 60.2 Å². The monoisotopic (exact) mass is 421 g/mol. The highest BCUT2D eigenvalue weighted by Crippen LogP contribution is 2.21. The third kappa shape index (κ3) is 5.78. The lowest BCUT2D eigenvalue weighted by Crippen LogP contribution is -2.29. The van der Waals surface area contributed by atoms with Crippen molar-refractivity contribution in [3.05, 3.63) is 101 Å². The number of aryl methyl sites for hydroxylation is 1. The summed E-state index contributed by atoms with van der Waals surface area (Å²) in [6, 6.07) is 23.5. The molecule has 6 nitrogen and oxygen atoms in total. The van der Waals surface area contributed by atoms with Gasteiger partial charge in [0.15, 0.2) is 0 Å². The fourth-order valence-electron chi connectivity index (χ4n) is 2.91. The number of hydrogen-bond donors (Lipinski definition) is 1. The van der Waals surface area contributed by atoms with Crippen LogP contribution in [0.4, 0.5) is 5.69 Å². The van der Waals surface area contributed by atoms with Crippen molar-refractivity contribution >= 4 is 27.8 Å². The molecular formula is C23H23N3O3S. The van der Waals surface area contributed by atoms with Gasteiger partial charge in [-0.15, -0.1) is 0 Å². The number of sulfonamides is 1. The van der Waals surface area contributed by atoms with Crippen LogP contribution in [0.15, 0.2) is 84.0 Å². The van der Waals surface area contributed by atoms with E-state index in [1.165, 1.54) is 4.31 Å². The highest BCUT2D eigenvalue weighted by molar-refractivity contribution is 7.92. The average molecular weight is 422 g/mol. The lowest BCUT2D eigenvalue weighted by Gasteiger charge is -2.22. The molecule has 0 aliphatic rings. The number of hydrogen-bond acceptors (Lipinski definition) is 4. The van der Waals surface area contributed by atoms with Gasteiger partial charge in [-0.2, -0.15) is 5.10 Å². The van der Waals surface area contributed by atoms with Gasteiger partial charge in [-0.25, -0.2) is 13.8 Å². The number of amides is 1. The number of hydrazone groups is 1. The normalized spacial score (nSPS) is 11.4. The summed E-state index contributed by atoms with van der Waals surface area (Å²) < 4.78 is 25.9. The molecule has 0 aliphatic carbocycles. The van der Waals surface area contributed by atoms with E-state index in [0.717, 1.165) is 22.9 Å². The maximum absolute atomic E-state index is 12.3. The zero-order valence-electron chi connectivity index (χ0n) is 16.8. The molecule has 0 spiro atoms. The summed E-state index contributed by atoms with van der Waals surface area (Å²) in [4.78, 5) is 12.3. The number of rotatable bonds is 7. The molecule has 0 fully saturated rings. The molecule has 3 aromatic rings. The summed E-state index contributed by atoms with van der Waals surface area (Å²) in [5.41, 5.74) is 6.21. The second-order valence-corrected chi connectivity index (χ2v) is 8.82. The van der Waals surface area contributed by atoms with E-state index < -0.39 is 10.0 Å². The first-order chi connectivity index (χ1) is 14.3. The highest BCUT2D eigenvalue weighted by Gasteiger charge is 2.18. The van der Waals surface area contributed by atoms with Gasteiger partial charge in [0, 0.05) is 5.56 Å². The van der Waals surface area contributed by atoms with E-state index in [4.69, 9.17) is 0 Å². The van der Waals surface area contributed by atoms with Crippen molar-refractivity contribution in [2.24, 2.45) is 5.10 Å². The van der Waals surface area contributed by atoms with E-state index in [0.29, 0.717) is 11.3 Å². The Balaban J connectivity index is 1.71. The minimum atomic E-state index is -3.49. The molecule has 1 N–H and O–H groups in total. The Morgan fingerprint density at radius 2 is 1.70 bits per heavy atom. The van der Waals surface area contributed by atoms with Crippen molar-refractivity contribution in [3.63, 3.8) is 0 Å². The molecule has 1 amide bonds. The van der Waals surface area contributed by atoms with E-state index in [1.807, 2.05) is 61.5 Å². The van der Waals surface area contributed by atoms with Gasteiger partial charge < -0.3 is 0 Å². The Kier molecular flexibility index (Phi) is 6.64. The molecule has 0 unspecified atom stereocenters. The van der Waals surface area contributed by atoms with Gasteiger partial charge in [0.25, 0.3) is 5.91 Å². The predicted molar refractivity (Wildman–Crippen MR) is 120 cm³/mol. The number of carbonyl (C=O) groups excluding carboxylic acids is 1. The number of nitrogens with one attached hydrogen (secondary N) is 1. The Labute approximate surface area is 176 Å². The molecule has 7 heteroatoms. The lowest BCUT2D eigenvalue weighted by atomic mass is 10.1. The van der Waals surface area contributed by atoms with Crippen molar-refractivity contribution in [1.82, 2.24) is 5.43 Å². The molecule has 0 bridgehead atoms. The molecular weight excluding hydrogens is 398 g/mol. The third-order valence-electron chi connectivity index (χ3n) is 4.41. The van der Waals surface area contributed by atoms with Crippen LogP contribution in [0.25, 0.3) is 0 Å². The maximum Gasteiger partial charge on any atom is 0.271 e. The van der Waals surface area contributed by atoms with Gasteiger partial charge >= 0.3 is 0 Å². The van der Waals surface area contributed by atoms with Crippen molar-refractivity contribution in [2.45, 2.75) is 13.5 Å². The molecule has 3 rings (SSSR count). The minimum absolute atomic E-state index is 0.214. The quantitative estimate of drug-likeness (QED) is 0.466. The van der Waals surface area contributed by atoms with E-state index in [-0.39, 0.29) is 12.5 Å². The van der Waals surface area contributed by atoms with Crippen molar-refractivity contribution < 1.29 is 13.2 Å². The Morgan fingerprint density at radius 1 is 1.00 bits per heavy atom. The summed E-state index contributed by atoms with van der Waals surface area (Å²) in [6.07, 6.45) is 2.74. The van der Waals surface area contributed by atoms with Crippen LogP contribution in [0.5, 0.6) is 0 Å². The summed E-state index contributed by atoms with van der Waals surface area (Å²) in [7, 11) is -3.49. The fourth-order valence-corrected chi connectivity index (χ4v) is 3.80. The lowest BCUT2D eigenvalue weighted by molar-refractivity contribution is 0.0955. The van der Waals surface area contributed by atoms with E-state index >= 15 is 0 Å².